The number of benzene rings is 1. The normalized spacial score (nSPS) is 10.7. The molecule has 2 aromatic rings. The van der Waals surface area contributed by atoms with Crippen LogP contribution in [0.15, 0.2) is 6.07 Å². The molecule has 2 rings (SSSR count). The van der Waals surface area contributed by atoms with Crippen LogP contribution in [-0.4, -0.2) is 16.9 Å². The van der Waals surface area contributed by atoms with Crippen LogP contribution in [0.1, 0.15) is 17.3 Å². The van der Waals surface area contributed by atoms with Crippen LogP contribution in [0.4, 0.5) is 5.00 Å². The van der Waals surface area contributed by atoms with Gasteiger partial charge in [-0.1, -0.05) is 23.2 Å². The molecule has 4 N–H and O–H groups in total. The van der Waals surface area contributed by atoms with E-state index in [0.717, 1.165) is 11.3 Å². The monoisotopic (exact) mass is 318 g/mol. The molecule has 0 radical (unpaired) electrons. The number of carbonyl (C=O) groups is 2. The van der Waals surface area contributed by atoms with Gasteiger partial charge in [0.15, 0.2) is 5.75 Å². The smallest absolute Gasteiger partial charge is 0.252 e. The number of halogens is 2. The van der Waals surface area contributed by atoms with Crippen molar-refractivity contribution in [3.8, 4) is 5.75 Å². The third kappa shape index (κ3) is 2.34. The Morgan fingerprint density at radius 1 is 1.42 bits per heavy atom. The van der Waals surface area contributed by atoms with E-state index < -0.39 is 5.91 Å². The number of rotatable bonds is 2. The summed E-state index contributed by atoms with van der Waals surface area (Å²) < 4.78 is 0.432. The first kappa shape index (κ1) is 13.9. The van der Waals surface area contributed by atoms with Crippen LogP contribution in [0, 0.1) is 0 Å². The van der Waals surface area contributed by atoms with E-state index in [-0.39, 0.29) is 32.3 Å². The van der Waals surface area contributed by atoms with Gasteiger partial charge in [0.05, 0.1) is 15.3 Å². The average Bonchev–Trinajstić information content (AvgIpc) is 2.63. The molecule has 0 aliphatic rings. The van der Waals surface area contributed by atoms with Crippen LogP contribution in [0.2, 0.25) is 10.0 Å². The second-order valence-corrected chi connectivity index (χ2v) is 5.56. The Morgan fingerprint density at radius 2 is 2.05 bits per heavy atom. The largest absolute Gasteiger partial charge is 0.505 e. The predicted octanol–water partition coefficient (Wildman–Crippen LogP) is 2.97. The maximum atomic E-state index is 11.5. The second-order valence-electron chi connectivity index (χ2n) is 3.75. The number of nitrogens with two attached hydrogens (primary N) is 1. The Balaban J connectivity index is 2.84. The van der Waals surface area contributed by atoms with Crippen LogP contribution in [-0.2, 0) is 4.79 Å². The number of hydrogen-bond acceptors (Lipinski definition) is 4. The molecular weight excluding hydrogens is 311 g/mol. The number of fused-ring (bicyclic) bond motifs is 1. The first-order valence-electron chi connectivity index (χ1n) is 5.03. The third-order valence-electron chi connectivity index (χ3n) is 2.39. The summed E-state index contributed by atoms with van der Waals surface area (Å²) >= 11 is 12.8. The minimum absolute atomic E-state index is 0.00664. The van der Waals surface area contributed by atoms with E-state index in [4.69, 9.17) is 28.9 Å². The lowest BCUT2D eigenvalue weighted by molar-refractivity contribution is -0.114. The summed E-state index contributed by atoms with van der Waals surface area (Å²) in [5.74, 6) is -1.34. The molecule has 0 unspecified atom stereocenters. The van der Waals surface area contributed by atoms with Gasteiger partial charge in [0.25, 0.3) is 5.91 Å². The van der Waals surface area contributed by atoms with Gasteiger partial charge >= 0.3 is 0 Å². The Labute approximate surface area is 121 Å². The van der Waals surface area contributed by atoms with Gasteiger partial charge in [0.1, 0.15) is 10.0 Å². The van der Waals surface area contributed by atoms with Gasteiger partial charge in [-0.05, 0) is 6.07 Å². The molecule has 0 bridgehead atoms. The molecule has 8 heteroatoms. The molecule has 100 valence electrons. The fourth-order valence-corrected chi connectivity index (χ4v) is 3.38. The van der Waals surface area contributed by atoms with E-state index in [1.807, 2.05) is 0 Å². The fraction of sp³-hybridized carbons (Fsp3) is 0.0909. The highest BCUT2D eigenvalue weighted by molar-refractivity contribution is 7.24. The number of nitrogens with one attached hydrogen (secondary N) is 1. The summed E-state index contributed by atoms with van der Waals surface area (Å²) in [5.41, 5.74) is 5.43. The fourth-order valence-electron chi connectivity index (χ4n) is 1.64. The van der Waals surface area contributed by atoms with Crippen LogP contribution >= 0.6 is 34.5 Å². The van der Waals surface area contributed by atoms with Crippen LogP contribution in [0.5, 0.6) is 5.75 Å². The Kier molecular flexibility index (Phi) is 3.58. The van der Waals surface area contributed by atoms with Gasteiger partial charge < -0.3 is 16.2 Å². The van der Waals surface area contributed by atoms with Gasteiger partial charge in [0.2, 0.25) is 5.91 Å². The van der Waals surface area contributed by atoms with Crippen LogP contribution in [0.3, 0.4) is 0 Å². The lowest BCUT2D eigenvalue weighted by Crippen LogP contribution is -2.14. The number of hydrogen-bond donors (Lipinski definition) is 3. The first-order chi connectivity index (χ1) is 8.82. The Morgan fingerprint density at radius 3 is 2.58 bits per heavy atom. The molecule has 0 atom stereocenters. The molecule has 0 aliphatic heterocycles. The minimum atomic E-state index is -0.715. The van der Waals surface area contributed by atoms with Crippen LogP contribution in [0.25, 0.3) is 10.1 Å². The lowest BCUT2D eigenvalue weighted by Gasteiger charge is -2.02. The predicted molar refractivity (Wildman–Crippen MR) is 76.3 cm³/mol. The van der Waals surface area contributed by atoms with E-state index in [1.54, 1.807) is 0 Å². The maximum Gasteiger partial charge on any atom is 0.252 e. The summed E-state index contributed by atoms with van der Waals surface area (Å²) in [6.45, 7) is 1.31. The van der Waals surface area contributed by atoms with E-state index in [1.165, 1.54) is 13.0 Å². The van der Waals surface area contributed by atoms with Crippen molar-refractivity contribution >= 4 is 61.4 Å². The van der Waals surface area contributed by atoms with Crippen molar-refractivity contribution in [3.05, 3.63) is 21.7 Å². The molecule has 0 aliphatic carbocycles. The first-order valence-corrected chi connectivity index (χ1v) is 6.61. The highest BCUT2D eigenvalue weighted by atomic mass is 35.5. The third-order valence-corrected chi connectivity index (χ3v) is 4.29. The van der Waals surface area contributed by atoms with E-state index in [2.05, 4.69) is 5.32 Å². The van der Waals surface area contributed by atoms with E-state index in [9.17, 15) is 14.7 Å². The van der Waals surface area contributed by atoms with Crippen molar-refractivity contribution in [3.63, 3.8) is 0 Å². The molecule has 1 aromatic carbocycles. The van der Waals surface area contributed by atoms with Crippen molar-refractivity contribution < 1.29 is 14.7 Å². The van der Waals surface area contributed by atoms with E-state index >= 15 is 0 Å². The molecular formula is C11H8Cl2N2O3S. The number of phenolic OH excluding ortho intramolecular Hbond substituents is 1. The molecule has 1 heterocycles. The van der Waals surface area contributed by atoms with Gasteiger partial charge in [0, 0.05) is 12.3 Å². The number of primary amides is 1. The Bertz CT molecular complexity index is 712. The number of amides is 2. The summed E-state index contributed by atoms with van der Waals surface area (Å²) in [6.07, 6.45) is 0. The Hall–Kier alpha value is -1.50. The maximum absolute atomic E-state index is 11.5. The van der Waals surface area contributed by atoms with Crippen LogP contribution < -0.4 is 11.1 Å². The van der Waals surface area contributed by atoms with Crippen molar-refractivity contribution in [2.24, 2.45) is 5.73 Å². The molecule has 0 saturated carbocycles. The molecule has 0 fully saturated rings. The van der Waals surface area contributed by atoms with Gasteiger partial charge in [-0.2, -0.15) is 0 Å². The minimum Gasteiger partial charge on any atom is -0.505 e. The lowest BCUT2D eigenvalue weighted by atomic mass is 10.1. The topological polar surface area (TPSA) is 92.4 Å². The van der Waals surface area contributed by atoms with Gasteiger partial charge in [-0.15, -0.1) is 11.3 Å². The van der Waals surface area contributed by atoms with Crippen molar-refractivity contribution in [1.82, 2.24) is 0 Å². The zero-order valence-corrected chi connectivity index (χ0v) is 11.9. The molecule has 0 saturated heterocycles. The SMILES string of the molecule is CC(=O)Nc1sc2c(Cl)c(O)c(Cl)cc2c1C(N)=O. The van der Waals surface area contributed by atoms with E-state index in [0.29, 0.717) is 10.1 Å². The molecule has 5 nitrogen and oxygen atoms in total. The number of anilines is 1. The van der Waals surface area contributed by atoms with Gasteiger partial charge in [-0.25, -0.2) is 0 Å². The zero-order chi connectivity index (χ0) is 14.3. The highest BCUT2D eigenvalue weighted by Gasteiger charge is 2.22. The standard InChI is InChI=1S/C11H8Cl2N2O3S/c1-3(16)15-11-6(10(14)18)4-2-5(12)8(17)7(13)9(4)19-11/h2,17H,1H3,(H2,14,18)(H,15,16). The second kappa shape index (κ2) is 4.88. The molecule has 0 spiro atoms. The number of carbonyl (C=O) groups excluding carboxylic acids is 2. The van der Waals surface area contributed by atoms with Crippen molar-refractivity contribution in [2.75, 3.05) is 5.32 Å². The molecule has 2 amide bonds. The zero-order valence-electron chi connectivity index (χ0n) is 9.58. The number of phenols is 1. The summed E-state index contributed by atoms with van der Waals surface area (Å²) in [5, 5.41) is 12.9. The quantitative estimate of drug-likeness (QED) is 0.794. The summed E-state index contributed by atoms with van der Waals surface area (Å²) in [6, 6.07) is 1.39. The molecule has 1 aromatic heterocycles. The number of thiophene rings is 1. The number of aromatic hydroxyl groups is 1. The summed E-state index contributed by atoms with van der Waals surface area (Å²) in [7, 11) is 0. The van der Waals surface area contributed by atoms with Crippen molar-refractivity contribution in [2.45, 2.75) is 6.92 Å². The summed E-state index contributed by atoms with van der Waals surface area (Å²) in [4.78, 5) is 22.6. The molecule has 19 heavy (non-hydrogen) atoms. The highest BCUT2D eigenvalue weighted by Crippen LogP contribution is 2.46. The van der Waals surface area contributed by atoms with Crippen molar-refractivity contribution in [1.29, 1.82) is 0 Å². The average molecular weight is 319 g/mol. The van der Waals surface area contributed by atoms with Gasteiger partial charge in [-0.3, -0.25) is 9.59 Å².